The molecular weight excluding hydrogens is 164 g/mol. The molecule has 1 rings (SSSR count). The van der Waals surface area contributed by atoms with Crippen LogP contribution >= 0.6 is 0 Å². The monoisotopic (exact) mass is 180 g/mol. The molecule has 0 amide bonds. The first-order valence-corrected chi connectivity index (χ1v) is 4.32. The van der Waals surface area contributed by atoms with Crippen LogP contribution in [-0.2, 0) is 0 Å². The number of hydrogen-bond donors (Lipinski definition) is 2. The van der Waals surface area contributed by atoms with Gasteiger partial charge in [0.2, 0.25) is 0 Å². The standard InChI is InChI=1S/C9H16N4/c1-7(10)9(2,3)13-8-6-11-4-5-12-8/h4-7H,10H2,1-3H3,(H,12,13). The fourth-order valence-corrected chi connectivity index (χ4v) is 0.808. The van der Waals surface area contributed by atoms with E-state index in [4.69, 9.17) is 5.73 Å². The van der Waals surface area contributed by atoms with E-state index in [1.54, 1.807) is 18.6 Å². The molecule has 0 bridgehead atoms. The first kappa shape index (κ1) is 9.92. The van der Waals surface area contributed by atoms with Crippen LogP contribution in [-0.4, -0.2) is 21.5 Å². The minimum atomic E-state index is -0.171. The largest absolute Gasteiger partial charge is 0.362 e. The van der Waals surface area contributed by atoms with Gasteiger partial charge in [-0.3, -0.25) is 4.98 Å². The predicted molar refractivity (Wildman–Crippen MR) is 53.4 cm³/mol. The maximum absolute atomic E-state index is 5.81. The highest BCUT2D eigenvalue weighted by Gasteiger charge is 2.22. The quantitative estimate of drug-likeness (QED) is 0.728. The lowest BCUT2D eigenvalue weighted by molar-refractivity contribution is 0.469. The number of hydrogen-bond acceptors (Lipinski definition) is 4. The zero-order valence-electron chi connectivity index (χ0n) is 8.28. The summed E-state index contributed by atoms with van der Waals surface area (Å²) in [7, 11) is 0. The molecule has 0 radical (unpaired) electrons. The molecule has 4 heteroatoms. The van der Waals surface area contributed by atoms with E-state index in [2.05, 4.69) is 15.3 Å². The molecule has 0 aliphatic rings. The number of nitrogens with two attached hydrogens (primary N) is 1. The Bertz CT molecular complexity index is 256. The Hall–Kier alpha value is -1.16. The summed E-state index contributed by atoms with van der Waals surface area (Å²) in [5, 5.41) is 3.22. The van der Waals surface area contributed by atoms with Gasteiger partial charge in [-0.05, 0) is 20.8 Å². The highest BCUT2D eigenvalue weighted by Crippen LogP contribution is 2.13. The lowest BCUT2D eigenvalue weighted by Gasteiger charge is -2.30. The summed E-state index contributed by atoms with van der Waals surface area (Å²) in [6.07, 6.45) is 4.98. The minimum absolute atomic E-state index is 0.0505. The van der Waals surface area contributed by atoms with E-state index in [-0.39, 0.29) is 11.6 Å². The average Bonchev–Trinajstić information content (AvgIpc) is 2.05. The third-order valence-corrected chi connectivity index (χ3v) is 2.15. The van der Waals surface area contributed by atoms with Gasteiger partial charge < -0.3 is 11.1 Å². The van der Waals surface area contributed by atoms with Gasteiger partial charge in [-0.2, -0.15) is 0 Å². The van der Waals surface area contributed by atoms with Gasteiger partial charge in [0.25, 0.3) is 0 Å². The average molecular weight is 180 g/mol. The van der Waals surface area contributed by atoms with Crippen molar-refractivity contribution in [3.63, 3.8) is 0 Å². The van der Waals surface area contributed by atoms with E-state index in [9.17, 15) is 0 Å². The maximum atomic E-state index is 5.81. The Kier molecular flexibility index (Phi) is 2.83. The van der Waals surface area contributed by atoms with Gasteiger partial charge in [0, 0.05) is 24.0 Å². The second-order valence-corrected chi connectivity index (χ2v) is 3.73. The minimum Gasteiger partial charge on any atom is -0.362 e. The van der Waals surface area contributed by atoms with Gasteiger partial charge in [0.1, 0.15) is 5.82 Å². The molecule has 1 heterocycles. The SMILES string of the molecule is CC(N)C(C)(C)Nc1cnccn1. The summed E-state index contributed by atoms with van der Waals surface area (Å²) in [6.45, 7) is 6.03. The normalized spacial score (nSPS) is 13.8. The Morgan fingerprint density at radius 3 is 2.62 bits per heavy atom. The molecule has 0 saturated heterocycles. The molecule has 0 saturated carbocycles. The lowest BCUT2D eigenvalue weighted by Crippen LogP contribution is -2.47. The van der Waals surface area contributed by atoms with Gasteiger partial charge in [-0.25, -0.2) is 4.98 Å². The van der Waals surface area contributed by atoms with Crippen LogP contribution in [0.4, 0.5) is 5.82 Å². The van der Waals surface area contributed by atoms with Crippen LogP contribution in [0.15, 0.2) is 18.6 Å². The Balaban J connectivity index is 2.69. The van der Waals surface area contributed by atoms with Crippen molar-refractivity contribution in [1.29, 1.82) is 0 Å². The molecule has 4 nitrogen and oxygen atoms in total. The lowest BCUT2D eigenvalue weighted by atomic mass is 9.97. The van der Waals surface area contributed by atoms with Crippen LogP contribution < -0.4 is 11.1 Å². The molecule has 1 unspecified atom stereocenters. The van der Waals surface area contributed by atoms with E-state index < -0.39 is 0 Å². The van der Waals surface area contributed by atoms with Gasteiger partial charge in [-0.1, -0.05) is 0 Å². The van der Waals surface area contributed by atoms with Crippen molar-refractivity contribution < 1.29 is 0 Å². The first-order valence-electron chi connectivity index (χ1n) is 4.32. The fourth-order valence-electron chi connectivity index (χ4n) is 0.808. The number of anilines is 1. The molecule has 3 N–H and O–H groups in total. The van der Waals surface area contributed by atoms with Gasteiger partial charge in [0.15, 0.2) is 0 Å². The summed E-state index contributed by atoms with van der Waals surface area (Å²) in [5.74, 6) is 0.754. The molecule has 0 spiro atoms. The van der Waals surface area contributed by atoms with Crippen molar-refractivity contribution in [3.05, 3.63) is 18.6 Å². The molecule has 1 aromatic rings. The molecule has 13 heavy (non-hydrogen) atoms. The molecule has 0 aromatic carbocycles. The Morgan fingerprint density at radius 1 is 1.46 bits per heavy atom. The Morgan fingerprint density at radius 2 is 2.15 bits per heavy atom. The van der Waals surface area contributed by atoms with E-state index >= 15 is 0 Å². The number of rotatable bonds is 3. The van der Waals surface area contributed by atoms with Gasteiger partial charge >= 0.3 is 0 Å². The van der Waals surface area contributed by atoms with E-state index in [1.165, 1.54) is 0 Å². The third kappa shape index (κ3) is 2.66. The van der Waals surface area contributed by atoms with Crippen molar-refractivity contribution >= 4 is 5.82 Å². The molecule has 0 aliphatic carbocycles. The van der Waals surface area contributed by atoms with Crippen LogP contribution in [0, 0.1) is 0 Å². The smallest absolute Gasteiger partial charge is 0.144 e. The second kappa shape index (κ2) is 3.70. The summed E-state index contributed by atoms with van der Waals surface area (Å²) < 4.78 is 0. The first-order chi connectivity index (χ1) is 6.02. The van der Waals surface area contributed by atoms with Crippen molar-refractivity contribution in [2.75, 3.05) is 5.32 Å². The number of nitrogens with zero attached hydrogens (tertiary/aromatic N) is 2. The van der Waals surface area contributed by atoms with E-state index in [0.29, 0.717) is 0 Å². The van der Waals surface area contributed by atoms with Crippen molar-refractivity contribution in [3.8, 4) is 0 Å². The fraction of sp³-hybridized carbons (Fsp3) is 0.556. The second-order valence-electron chi connectivity index (χ2n) is 3.73. The summed E-state index contributed by atoms with van der Waals surface area (Å²) in [4.78, 5) is 8.08. The van der Waals surface area contributed by atoms with Crippen LogP contribution in [0.25, 0.3) is 0 Å². The van der Waals surface area contributed by atoms with Gasteiger partial charge in [-0.15, -0.1) is 0 Å². The predicted octanol–water partition coefficient (Wildman–Crippen LogP) is 1.01. The van der Waals surface area contributed by atoms with Crippen LogP contribution in [0.2, 0.25) is 0 Å². The van der Waals surface area contributed by atoms with Crippen LogP contribution in [0.1, 0.15) is 20.8 Å². The topological polar surface area (TPSA) is 63.8 Å². The third-order valence-electron chi connectivity index (χ3n) is 2.15. The number of nitrogens with one attached hydrogen (secondary N) is 1. The van der Waals surface area contributed by atoms with Crippen molar-refractivity contribution in [2.24, 2.45) is 5.73 Å². The molecule has 1 atom stereocenters. The summed E-state index contributed by atoms with van der Waals surface area (Å²) in [6, 6.07) is 0.0505. The zero-order chi connectivity index (χ0) is 9.90. The van der Waals surface area contributed by atoms with E-state index in [0.717, 1.165) is 5.82 Å². The zero-order valence-corrected chi connectivity index (χ0v) is 8.28. The van der Waals surface area contributed by atoms with Crippen LogP contribution in [0.3, 0.4) is 0 Å². The van der Waals surface area contributed by atoms with Crippen molar-refractivity contribution in [1.82, 2.24) is 9.97 Å². The molecule has 72 valence electrons. The van der Waals surface area contributed by atoms with Gasteiger partial charge in [0.05, 0.1) is 6.20 Å². The molecule has 0 aliphatic heterocycles. The molecule has 1 aromatic heterocycles. The molecule has 0 fully saturated rings. The summed E-state index contributed by atoms with van der Waals surface area (Å²) in [5.41, 5.74) is 5.64. The Labute approximate surface area is 78.6 Å². The maximum Gasteiger partial charge on any atom is 0.144 e. The number of aromatic nitrogens is 2. The van der Waals surface area contributed by atoms with Crippen molar-refractivity contribution in [2.45, 2.75) is 32.4 Å². The highest BCUT2D eigenvalue weighted by molar-refractivity contribution is 5.34. The highest BCUT2D eigenvalue weighted by atomic mass is 15.1. The van der Waals surface area contributed by atoms with E-state index in [1.807, 2.05) is 20.8 Å². The molecular formula is C9H16N4. The van der Waals surface area contributed by atoms with Crippen LogP contribution in [0.5, 0.6) is 0 Å². The summed E-state index contributed by atoms with van der Waals surface area (Å²) >= 11 is 0.